The van der Waals surface area contributed by atoms with Crippen LogP contribution in [-0.2, 0) is 0 Å². The summed E-state index contributed by atoms with van der Waals surface area (Å²) in [5.41, 5.74) is 2.55. The molecule has 0 heterocycles. The molecule has 138 valence electrons. The number of hydrogen-bond donors (Lipinski definition) is 1. The quantitative estimate of drug-likeness (QED) is 0.421. The molecule has 1 unspecified atom stereocenters. The van der Waals surface area contributed by atoms with Crippen molar-refractivity contribution < 1.29 is 9.53 Å². The van der Waals surface area contributed by atoms with E-state index >= 15 is 0 Å². The van der Waals surface area contributed by atoms with Crippen LogP contribution in [0.2, 0.25) is 5.02 Å². The van der Waals surface area contributed by atoms with Crippen LogP contribution in [-0.4, -0.2) is 12.9 Å². The Hall–Kier alpha value is -2.30. The van der Waals surface area contributed by atoms with Crippen LogP contribution in [0.15, 0.2) is 77.3 Å². The fourth-order valence-corrected chi connectivity index (χ4v) is 3.26. The van der Waals surface area contributed by atoms with Gasteiger partial charge in [0.2, 0.25) is 0 Å². The van der Waals surface area contributed by atoms with E-state index in [1.807, 2.05) is 72.8 Å². The van der Waals surface area contributed by atoms with Crippen molar-refractivity contribution in [2.75, 3.05) is 12.4 Å². The first-order valence-corrected chi connectivity index (χ1v) is 9.67. The van der Waals surface area contributed by atoms with E-state index in [1.54, 1.807) is 7.11 Å². The molecular weight excluding hydrogens is 426 g/mol. The molecule has 3 aromatic rings. The van der Waals surface area contributed by atoms with Gasteiger partial charge in [0.05, 0.1) is 13.2 Å². The summed E-state index contributed by atoms with van der Waals surface area (Å²) in [6.45, 7) is 0. The summed E-state index contributed by atoms with van der Waals surface area (Å²) in [5.74, 6) is 0.845. The molecule has 0 radical (unpaired) electrons. The molecule has 0 saturated heterocycles. The number of nitrogens with one attached hydrogen (secondary N) is 1. The number of methoxy groups -OCH3 is 1. The lowest BCUT2D eigenvalue weighted by atomic mass is 9.97. The zero-order valence-electron chi connectivity index (χ0n) is 14.8. The molecule has 0 aliphatic heterocycles. The van der Waals surface area contributed by atoms with E-state index in [4.69, 9.17) is 16.3 Å². The molecule has 0 aromatic heterocycles. The predicted molar refractivity (Wildman–Crippen MR) is 114 cm³/mol. The van der Waals surface area contributed by atoms with Crippen LogP contribution in [0.4, 0.5) is 5.69 Å². The third-order valence-electron chi connectivity index (χ3n) is 4.24. The highest BCUT2D eigenvalue weighted by molar-refractivity contribution is 9.10. The number of ketones is 1. The van der Waals surface area contributed by atoms with E-state index in [0.717, 1.165) is 21.5 Å². The molecule has 0 amide bonds. The lowest BCUT2D eigenvalue weighted by molar-refractivity contribution is 0.0976. The van der Waals surface area contributed by atoms with Gasteiger partial charge >= 0.3 is 0 Å². The second kappa shape index (κ2) is 9.07. The van der Waals surface area contributed by atoms with Crippen LogP contribution in [0.25, 0.3) is 0 Å². The maximum Gasteiger partial charge on any atom is 0.165 e. The minimum Gasteiger partial charge on any atom is -0.497 e. The Morgan fingerprint density at radius 2 is 1.78 bits per heavy atom. The second-order valence-electron chi connectivity index (χ2n) is 6.11. The third-order valence-corrected chi connectivity index (χ3v) is 5.00. The molecule has 0 aliphatic carbocycles. The number of carbonyl (C=O) groups excluding carboxylic acids is 1. The monoisotopic (exact) mass is 443 g/mol. The van der Waals surface area contributed by atoms with E-state index in [0.29, 0.717) is 17.0 Å². The van der Waals surface area contributed by atoms with Gasteiger partial charge in [0.15, 0.2) is 5.78 Å². The summed E-state index contributed by atoms with van der Waals surface area (Å²) in [4.78, 5) is 12.8. The first-order chi connectivity index (χ1) is 13.0. The van der Waals surface area contributed by atoms with Crippen LogP contribution < -0.4 is 10.1 Å². The molecular formula is C22H19BrClNO2. The summed E-state index contributed by atoms with van der Waals surface area (Å²) >= 11 is 9.50. The van der Waals surface area contributed by atoms with E-state index in [9.17, 15) is 4.79 Å². The van der Waals surface area contributed by atoms with Crippen LogP contribution in [0.1, 0.15) is 28.4 Å². The number of carbonyl (C=O) groups is 1. The summed E-state index contributed by atoms with van der Waals surface area (Å²) in [5, 5.41) is 4.08. The smallest absolute Gasteiger partial charge is 0.165 e. The number of benzene rings is 3. The van der Waals surface area contributed by atoms with Crippen molar-refractivity contribution in [3.05, 3.63) is 93.4 Å². The maximum atomic E-state index is 12.8. The third kappa shape index (κ3) is 5.34. The Morgan fingerprint density at radius 1 is 1.07 bits per heavy atom. The van der Waals surface area contributed by atoms with Crippen molar-refractivity contribution in [3.63, 3.8) is 0 Å². The summed E-state index contributed by atoms with van der Waals surface area (Å²) in [6, 6.07) is 22.4. The van der Waals surface area contributed by atoms with E-state index in [1.165, 1.54) is 0 Å². The Balaban J connectivity index is 1.85. The Labute approximate surface area is 172 Å². The average Bonchev–Trinajstić information content (AvgIpc) is 2.68. The molecule has 1 N–H and O–H groups in total. The number of halogens is 2. The average molecular weight is 445 g/mol. The van der Waals surface area contributed by atoms with Crippen molar-refractivity contribution >= 4 is 39.0 Å². The molecule has 0 saturated carbocycles. The summed E-state index contributed by atoms with van der Waals surface area (Å²) in [7, 11) is 1.63. The van der Waals surface area contributed by atoms with E-state index < -0.39 is 0 Å². The first kappa shape index (κ1) is 19.5. The van der Waals surface area contributed by atoms with Crippen LogP contribution in [0.3, 0.4) is 0 Å². The summed E-state index contributed by atoms with van der Waals surface area (Å²) < 4.78 is 6.18. The minimum absolute atomic E-state index is 0.0675. The van der Waals surface area contributed by atoms with Gasteiger partial charge in [-0.15, -0.1) is 0 Å². The first-order valence-electron chi connectivity index (χ1n) is 8.50. The standard InChI is InChI=1S/C22H19BrClNO2/c1-27-20-11-7-15(8-12-20)21(25-19-4-2-3-18(24)13-19)14-22(26)16-5-9-17(23)10-6-16/h2-13,21,25H,14H2,1H3. The van der Waals surface area contributed by atoms with Crippen LogP contribution in [0, 0.1) is 0 Å². The number of rotatable bonds is 7. The highest BCUT2D eigenvalue weighted by Gasteiger charge is 2.18. The minimum atomic E-state index is -0.189. The molecule has 0 aliphatic rings. The number of hydrogen-bond acceptors (Lipinski definition) is 3. The lowest BCUT2D eigenvalue weighted by Gasteiger charge is -2.20. The molecule has 1 atom stereocenters. The molecule has 0 fully saturated rings. The number of Topliss-reactive ketones (excluding diaryl/α,β-unsaturated/α-hetero) is 1. The van der Waals surface area contributed by atoms with Crippen molar-refractivity contribution in [1.29, 1.82) is 0 Å². The molecule has 5 heteroatoms. The van der Waals surface area contributed by atoms with Crippen molar-refractivity contribution in [2.24, 2.45) is 0 Å². The Kier molecular flexibility index (Phi) is 6.54. The lowest BCUT2D eigenvalue weighted by Crippen LogP contribution is -2.16. The molecule has 27 heavy (non-hydrogen) atoms. The molecule has 3 aromatic carbocycles. The normalized spacial score (nSPS) is 11.7. The zero-order valence-corrected chi connectivity index (χ0v) is 17.1. The van der Waals surface area contributed by atoms with E-state index in [2.05, 4.69) is 21.2 Å². The highest BCUT2D eigenvalue weighted by atomic mass is 79.9. The van der Waals surface area contributed by atoms with Crippen molar-refractivity contribution in [3.8, 4) is 5.75 Å². The fourth-order valence-electron chi connectivity index (χ4n) is 2.81. The Morgan fingerprint density at radius 3 is 2.41 bits per heavy atom. The SMILES string of the molecule is COc1ccc(C(CC(=O)c2ccc(Br)cc2)Nc2cccc(Cl)c2)cc1. The maximum absolute atomic E-state index is 12.8. The molecule has 0 spiro atoms. The topological polar surface area (TPSA) is 38.3 Å². The van der Waals surface area contributed by atoms with Gasteiger partial charge in [0, 0.05) is 27.2 Å². The number of anilines is 1. The second-order valence-corrected chi connectivity index (χ2v) is 7.47. The predicted octanol–water partition coefficient (Wildman–Crippen LogP) is 6.54. The van der Waals surface area contributed by atoms with Gasteiger partial charge in [-0.25, -0.2) is 0 Å². The van der Waals surface area contributed by atoms with Gasteiger partial charge in [-0.2, -0.15) is 0 Å². The summed E-state index contributed by atoms with van der Waals surface area (Å²) in [6.07, 6.45) is 0.320. The molecule has 3 nitrogen and oxygen atoms in total. The van der Waals surface area contributed by atoms with Crippen molar-refractivity contribution in [2.45, 2.75) is 12.5 Å². The molecule has 0 bridgehead atoms. The van der Waals surface area contributed by atoms with Gasteiger partial charge in [0.1, 0.15) is 5.75 Å². The van der Waals surface area contributed by atoms with Crippen LogP contribution in [0.5, 0.6) is 5.75 Å². The van der Waals surface area contributed by atoms with Gasteiger partial charge in [0.25, 0.3) is 0 Å². The van der Waals surface area contributed by atoms with Gasteiger partial charge in [-0.3, -0.25) is 4.79 Å². The van der Waals surface area contributed by atoms with E-state index in [-0.39, 0.29) is 11.8 Å². The Bertz CT molecular complexity index is 910. The largest absolute Gasteiger partial charge is 0.497 e. The van der Waals surface area contributed by atoms with Gasteiger partial charge in [-0.05, 0) is 48.0 Å². The fraction of sp³-hybridized carbons (Fsp3) is 0.136. The van der Waals surface area contributed by atoms with Crippen molar-refractivity contribution in [1.82, 2.24) is 0 Å². The highest BCUT2D eigenvalue weighted by Crippen LogP contribution is 2.27. The zero-order chi connectivity index (χ0) is 19.2. The van der Waals surface area contributed by atoms with Gasteiger partial charge < -0.3 is 10.1 Å². The van der Waals surface area contributed by atoms with Gasteiger partial charge in [-0.1, -0.05) is 57.9 Å². The molecule has 3 rings (SSSR count). The van der Waals surface area contributed by atoms with Crippen LogP contribution >= 0.6 is 27.5 Å². The number of ether oxygens (including phenoxy) is 1.